The quantitative estimate of drug-likeness (QED) is 0.381. The number of nitrogens with zero attached hydrogens (tertiary/aromatic N) is 3. The summed E-state index contributed by atoms with van der Waals surface area (Å²) in [6, 6.07) is 11.9. The van der Waals surface area contributed by atoms with Crippen LogP contribution in [-0.2, 0) is 16.1 Å². The number of non-ortho nitro benzene ring substituents is 1. The molecular formula is C23H22ClN3O5. The summed E-state index contributed by atoms with van der Waals surface area (Å²) in [6.45, 7) is 2.05. The number of benzene rings is 2. The van der Waals surface area contributed by atoms with Gasteiger partial charge in [0, 0.05) is 22.7 Å². The fourth-order valence-corrected chi connectivity index (χ4v) is 4.61. The third-order valence-corrected chi connectivity index (χ3v) is 6.46. The van der Waals surface area contributed by atoms with Crippen LogP contribution in [0.5, 0.6) is 0 Å². The third-order valence-electron chi connectivity index (χ3n) is 6.21. The van der Waals surface area contributed by atoms with Gasteiger partial charge < -0.3 is 0 Å². The van der Waals surface area contributed by atoms with Gasteiger partial charge >= 0.3 is 0 Å². The molecule has 32 heavy (non-hydrogen) atoms. The molecule has 0 unspecified atom stereocenters. The van der Waals surface area contributed by atoms with Crippen LogP contribution in [0.4, 0.5) is 5.69 Å². The lowest BCUT2D eigenvalue weighted by atomic mass is 9.76. The van der Waals surface area contributed by atoms with Crippen LogP contribution in [0.1, 0.15) is 42.1 Å². The fourth-order valence-electron chi connectivity index (χ4n) is 4.48. The van der Waals surface area contributed by atoms with E-state index >= 15 is 0 Å². The first-order valence-corrected chi connectivity index (χ1v) is 10.8. The minimum absolute atomic E-state index is 0.0144. The molecule has 3 amide bonds. The molecule has 2 aromatic carbocycles. The van der Waals surface area contributed by atoms with Crippen LogP contribution in [0.3, 0.4) is 0 Å². The molecule has 3 atom stereocenters. The molecule has 2 fully saturated rings. The van der Waals surface area contributed by atoms with Crippen molar-refractivity contribution >= 4 is 35.0 Å². The second-order valence-electron chi connectivity index (χ2n) is 8.41. The van der Waals surface area contributed by atoms with Crippen molar-refractivity contribution in [1.82, 2.24) is 10.0 Å². The molecule has 1 aliphatic heterocycles. The zero-order valence-electron chi connectivity index (χ0n) is 17.4. The molecule has 1 heterocycles. The van der Waals surface area contributed by atoms with Crippen molar-refractivity contribution in [2.75, 3.05) is 0 Å². The van der Waals surface area contributed by atoms with E-state index in [1.807, 2.05) is 0 Å². The summed E-state index contributed by atoms with van der Waals surface area (Å²) in [4.78, 5) is 50.3. The van der Waals surface area contributed by atoms with Crippen molar-refractivity contribution in [3.05, 3.63) is 74.8 Å². The molecule has 2 aliphatic rings. The Morgan fingerprint density at radius 2 is 1.69 bits per heavy atom. The number of fused-ring (bicyclic) bond motifs is 1. The van der Waals surface area contributed by atoms with Crippen molar-refractivity contribution in [2.24, 2.45) is 17.8 Å². The summed E-state index contributed by atoms with van der Waals surface area (Å²) in [6.07, 6.45) is 2.10. The number of amides is 3. The largest absolute Gasteiger partial charge is 0.273 e. The van der Waals surface area contributed by atoms with Gasteiger partial charge in [0.05, 0.1) is 23.3 Å². The number of hydrazine groups is 1. The number of carbonyl (C=O) groups is 3. The van der Waals surface area contributed by atoms with E-state index in [4.69, 9.17) is 11.6 Å². The molecular weight excluding hydrogens is 434 g/mol. The number of halogens is 1. The second-order valence-corrected chi connectivity index (χ2v) is 8.85. The summed E-state index contributed by atoms with van der Waals surface area (Å²) < 4.78 is 0. The van der Waals surface area contributed by atoms with E-state index in [9.17, 15) is 24.5 Å². The highest BCUT2D eigenvalue weighted by Crippen LogP contribution is 2.41. The first-order chi connectivity index (χ1) is 15.3. The second kappa shape index (κ2) is 8.70. The van der Waals surface area contributed by atoms with E-state index in [-0.39, 0.29) is 29.6 Å². The normalized spacial score (nSPS) is 22.6. The number of carbonyl (C=O) groups excluding carboxylic acids is 3. The van der Waals surface area contributed by atoms with Crippen molar-refractivity contribution in [1.29, 1.82) is 0 Å². The number of rotatable bonds is 5. The van der Waals surface area contributed by atoms with Gasteiger partial charge in [-0.3, -0.25) is 24.5 Å². The van der Waals surface area contributed by atoms with E-state index in [0.717, 1.165) is 16.4 Å². The summed E-state index contributed by atoms with van der Waals surface area (Å²) in [5.41, 5.74) is 0.682. The molecule has 8 nitrogen and oxygen atoms in total. The zero-order chi connectivity index (χ0) is 23.0. The standard InChI is InChI=1S/C23H22ClN3O5/c1-14-2-11-19-20(12-14)23(30)26(22(19)29)25(13-15-3-7-17(24)8-4-15)21(28)16-5-9-18(10-6-16)27(31)32/h3-10,14,19-20H,2,11-13H2,1H3/t14-,19-,20-/m1/s1. The van der Waals surface area contributed by atoms with Crippen LogP contribution in [-0.4, -0.2) is 32.7 Å². The summed E-state index contributed by atoms with van der Waals surface area (Å²) >= 11 is 5.96. The van der Waals surface area contributed by atoms with Crippen LogP contribution in [0.25, 0.3) is 0 Å². The minimum Gasteiger partial charge on any atom is -0.272 e. The van der Waals surface area contributed by atoms with Gasteiger partial charge in [-0.25, -0.2) is 5.01 Å². The lowest BCUT2D eigenvalue weighted by molar-refractivity contribution is -0.384. The average molecular weight is 456 g/mol. The van der Waals surface area contributed by atoms with Gasteiger partial charge in [-0.1, -0.05) is 30.7 Å². The monoisotopic (exact) mass is 455 g/mol. The molecule has 1 aliphatic carbocycles. The highest BCUT2D eigenvalue weighted by atomic mass is 35.5. The smallest absolute Gasteiger partial charge is 0.272 e. The van der Waals surface area contributed by atoms with Gasteiger partial charge in [0.25, 0.3) is 23.4 Å². The fraction of sp³-hybridized carbons (Fsp3) is 0.348. The minimum atomic E-state index is -0.580. The van der Waals surface area contributed by atoms with Gasteiger partial charge in [-0.05, 0) is 55.0 Å². The highest BCUT2D eigenvalue weighted by Gasteiger charge is 2.52. The molecule has 166 valence electrons. The molecule has 1 saturated heterocycles. The van der Waals surface area contributed by atoms with Gasteiger partial charge in [-0.15, -0.1) is 0 Å². The number of hydrogen-bond acceptors (Lipinski definition) is 5. The average Bonchev–Trinajstić information content (AvgIpc) is 3.02. The van der Waals surface area contributed by atoms with Crippen LogP contribution in [0.2, 0.25) is 5.02 Å². The molecule has 0 spiro atoms. The van der Waals surface area contributed by atoms with Gasteiger partial charge in [0.1, 0.15) is 0 Å². The Labute approximate surface area is 189 Å². The maximum atomic E-state index is 13.4. The topological polar surface area (TPSA) is 101 Å². The Balaban J connectivity index is 1.69. The molecule has 2 aromatic rings. The summed E-state index contributed by atoms with van der Waals surface area (Å²) in [7, 11) is 0. The lowest BCUT2D eigenvalue weighted by Crippen LogP contribution is -2.49. The third kappa shape index (κ3) is 4.10. The molecule has 1 saturated carbocycles. The van der Waals surface area contributed by atoms with Crippen molar-refractivity contribution in [3.8, 4) is 0 Å². The number of nitro groups is 1. The van der Waals surface area contributed by atoms with Crippen LogP contribution < -0.4 is 0 Å². The first-order valence-electron chi connectivity index (χ1n) is 10.4. The number of nitro benzene ring substituents is 1. The zero-order valence-corrected chi connectivity index (χ0v) is 18.2. The van der Waals surface area contributed by atoms with E-state index in [2.05, 4.69) is 6.92 Å². The molecule has 9 heteroatoms. The van der Waals surface area contributed by atoms with Gasteiger partial charge in [0.15, 0.2) is 0 Å². The lowest BCUT2D eigenvalue weighted by Gasteiger charge is -2.30. The maximum absolute atomic E-state index is 13.4. The van der Waals surface area contributed by atoms with Crippen LogP contribution in [0, 0.1) is 27.9 Å². The Hall–Kier alpha value is -3.26. The molecule has 0 radical (unpaired) electrons. The van der Waals surface area contributed by atoms with E-state index in [1.165, 1.54) is 24.3 Å². The van der Waals surface area contributed by atoms with Gasteiger partial charge in [-0.2, -0.15) is 5.01 Å². The first kappa shape index (κ1) is 22.0. The molecule has 0 N–H and O–H groups in total. The van der Waals surface area contributed by atoms with E-state index < -0.39 is 22.7 Å². The Morgan fingerprint density at radius 3 is 2.31 bits per heavy atom. The molecule has 0 bridgehead atoms. The molecule has 4 rings (SSSR count). The van der Waals surface area contributed by atoms with E-state index in [0.29, 0.717) is 29.3 Å². The van der Waals surface area contributed by atoms with Crippen LogP contribution in [0.15, 0.2) is 48.5 Å². The number of imide groups is 1. The van der Waals surface area contributed by atoms with Crippen molar-refractivity contribution < 1.29 is 19.3 Å². The Bertz CT molecular complexity index is 1070. The van der Waals surface area contributed by atoms with Crippen molar-refractivity contribution in [2.45, 2.75) is 32.7 Å². The van der Waals surface area contributed by atoms with Gasteiger partial charge in [0.2, 0.25) is 0 Å². The Kier molecular flexibility index (Phi) is 5.97. The highest BCUT2D eigenvalue weighted by molar-refractivity contribution is 6.30. The van der Waals surface area contributed by atoms with E-state index in [1.54, 1.807) is 24.3 Å². The maximum Gasteiger partial charge on any atom is 0.273 e. The number of hydrogen-bond donors (Lipinski definition) is 0. The summed E-state index contributed by atoms with van der Waals surface area (Å²) in [5, 5.41) is 13.6. The molecule has 0 aromatic heterocycles. The summed E-state index contributed by atoms with van der Waals surface area (Å²) in [5.74, 6) is -1.82. The SMILES string of the molecule is C[C@@H]1CC[C@H]2C(=O)N(N(Cc3ccc(Cl)cc3)C(=O)c3ccc([N+](=O)[O-])cc3)C(=O)[C@@H]2C1. The van der Waals surface area contributed by atoms with Crippen molar-refractivity contribution in [3.63, 3.8) is 0 Å². The predicted octanol–water partition coefficient (Wildman–Crippen LogP) is 4.23. The Morgan fingerprint density at radius 1 is 1.06 bits per heavy atom. The van der Waals surface area contributed by atoms with Crippen LogP contribution >= 0.6 is 11.6 Å². The predicted molar refractivity (Wildman–Crippen MR) is 116 cm³/mol.